The molecule has 12 heteroatoms. The Hall–Kier alpha value is -3.87. The molecule has 0 spiro atoms. The molecule has 32 heavy (non-hydrogen) atoms. The third-order valence-corrected chi connectivity index (χ3v) is 5.30. The second kappa shape index (κ2) is 8.00. The normalized spacial score (nSPS) is 12.7. The highest BCUT2D eigenvalue weighted by Crippen LogP contribution is 2.26. The number of benzene rings is 1. The van der Waals surface area contributed by atoms with Crippen molar-refractivity contribution in [3.8, 4) is 11.6 Å². The number of amides is 1. The topological polar surface area (TPSA) is 164 Å². The average Bonchev–Trinajstić information content (AvgIpc) is 3.44. The molecule has 0 atom stereocenters. The first-order chi connectivity index (χ1) is 15.5. The lowest BCUT2D eigenvalue weighted by Gasteiger charge is -2.12. The van der Waals surface area contributed by atoms with Crippen LogP contribution in [0.5, 0.6) is 0 Å². The number of fused-ring (bicyclic) bond motifs is 2. The number of aromatic nitrogens is 5. The van der Waals surface area contributed by atoms with E-state index in [1.165, 1.54) is 0 Å². The Bertz CT molecular complexity index is 1340. The van der Waals surface area contributed by atoms with Gasteiger partial charge in [0.25, 0.3) is 5.91 Å². The molecule has 11 nitrogen and oxygen atoms in total. The zero-order chi connectivity index (χ0) is 22.2. The van der Waals surface area contributed by atoms with E-state index in [0.717, 1.165) is 16.8 Å². The van der Waals surface area contributed by atoms with Crippen LogP contribution in [-0.2, 0) is 19.6 Å². The molecule has 0 bridgehead atoms. The van der Waals surface area contributed by atoms with E-state index in [4.69, 9.17) is 5.73 Å². The Balaban J connectivity index is 1.52. The Morgan fingerprint density at radius 2 is 2.06 bits per heavy atom. The maximum Gasteiger partial charge on any atom is 0.488 e. The molecular formula is C20H19BN8O3. The number of nitrogens with one attached hydrogen (secondary N) is 2. The van der Waals surface area contributed by atoms with Gasteiger partial charge in [-0.1, -0.05) is 24.3 Å². The summed E-state index contributed by atoms with van der Waals surface area (Å²) in [5.74, 6) is 0.814. The fraction of sp³-hybridized carbons (Fsp3) is 0.150. The third kappa shape index (κ3) is 3.56. The number of nitrogens with two attached hydrogens (primary N) is 1. The van der Waals surface area contributed by atoms with E-state index in [2.05, 4.69) is 30.8 Å². The molecule has 0 radical (unpaired) electrons. The Morgan fingerprint density at radius 3 is 2.88 bits per heavy atom. The second-order valence-corrected chi connectivity index (χ2v) is 7.40. The lowest BCUT2D eigenvalue weighted by molar-refractivity contribution is 0.100. The third-order valence-electron chi connectivity index (χ3n) is 5.30. The van der Waals surface area contributed by atoms with Gasteiger partial charge in [-0.3, -0.25) is 9.20 Å². The van der Waals surface area contributed by atoms with Crippen molar-refractivity contribution in [2.75, 3.05) is 5.32 Å². The van der Waals surface area contributed by atoms with Gasteiger partial charge in [0.05, 0.1) is 11.3 Å². The molecule has 1 aromatic carbocycles. The number of anilines is 1. The van der Waals surface area contributed by atoms with Crippen LogP contribution in [0.4, 0.5) is 5.82 Å². The first-order valence-electron chi connectivity index (χ1n) is 9.94. The summed E-state index contributed by atoms with van der Waals surface area (Å²) in [7, 11) is -1.53. The van der Waals surface area contributed by atoms with E-state index >= 15 is 0 Å². The van der Waals surface area contributed by atoms with Crippen molar-refractivity contribution < 1.29 is 14.8 Å². The standard InChI is InChI=1S/C20H19BN8O3/c22-16(30)13-5-2-6-29-19(13)27-28-20(29)18-25-15-10-23-9-14(15)17(26-18)24-8-11-3-1-4-12(7-11)21(31)32/h1-7,23,31-32H,8-10H2,(H2,22,30)(H,24,25,26). The predicted molar refractivity (Wildman–Crippen MR) is 117 cm³/mol. The molecule has 0 aliphatic carbocycles. The predicted octanol–water partition coefficient (Wildman–Crippen LogP) is -0.820. The number of carbonyl (C=O) groups excluding carboxylic acids is 1. The molecule has 3 aromatic heterocycles. The van der Waals surface area contributed by atoms with Crippen molar-refractivity contribution in [1.82, 2.24) is 29.9 Å². The number of hydrogen-bond acceptors (Lipinski definition) is 9. The van der Waals surface area contributed by atoms with Crippen LogP contribution < -0.4 is 21.8 Å². The SMILES string of the molecule is NC(=O)c1cccn2c(-c3nc4c(c(NCc5cccc(B(O)O)c5)n3)CNC4)nnc12. The van der Waals surface area contributed by atoms with Crippen LogP contribution >= 0.6 is 0 Å². The van der Waals surface area contributed by atoms with E-state index in [-0.39, 0.29) is 5.56 Å². The van der Waals surface area contributed by atoms with Gasteiger partial charge in [-0.15, -0.1) is 10.2 Å². The van der Waals surface area contributed by atoms with Crippen LogP contribution in [0.2, 0.25) is 0 Å². The molecular weight excluding hydrogens is 411 g/mol. The Kier molecular flexibility index (Phi) is 5.01. The summed E-state index contributed by atoms with van der Waals surface area (Å²) in [6.45, 7) is 1.64. The van der Waals surface area contributed by atoms with E-state index in [1.54, 1.807) is 40.9 Å². The van der Waals surface area contributed by atoms with E-state index in [1.807, 2.05) is 6.07 Å². The number of nitrogens with zero attached hydrogens (tertiary/aromatic N) is 5. The van der Waals surface area contributed by atoms with Gasteiger partial charge in [0.15, 0.2) is 5.65 Å². The molecule has 1 aliphatic heterocycles. The van der Waals surface area contributed by atoms with Crippen molar-refractivity contribution in [1.29, 1.82) is 0 Å². The van der Waals surface area contributed by atoms with E-state index in [0.29, 0.717) is 48.2 Å². The molecule has 4 heterocycles. The number of primary amides is 1. The fourth-order valence-electron chi connectivity index (χ4n) is 3.72. The van der Waals surface area contributed by atoms with Crippen molar-refractivity contribution in [3.63, 3.8) is 0 Å². The number of carbonyl (C=O) groups is 1. The minimum Gasteiger partial charge on any atom is -0.423 e. The number of hydrogen-bond donors (Lipinski definition) is 5. The van der Waals surface area contributed by atoms with Gasteiger partial charge in [-0.2, -0.15) is 0 Å². The zero-order valence-electron chi connectivity index (χ0n) is 16.9. The second-order valence-electron chi connectivity index (χ2n) is 7.40. The number of pyridine rings is 1. The van der Waals surface area contributed by atoms with Crippen LogP contribution in [0, 0.1) is 0 Å². The molecule has 1 aliphatic rings. The van der Waals surface area contributed by atoms with Crippen LogP contribution in [-0.4, -0.2) is 47.6 Å². The van der Waals surface area contributed by atoms with E-state index < -0.39 is 13.0 Å². The molecule has 5 rings (SSSR count). The van der Waals surface area contributed by atoms with Gasteiger partial charge in [0.2, 0.25) is 11.6 Å². The highest BCUT2D eigenvalue weighted by Gasteiger charge is 2.23. The quantitative estimate of drug-likeness (QED) is 0.246. The molecule has 0 saturated heterocycles. The molecule has 0 fully saturated rings. The zero-order valence-corrected chi connectivity index (χ0v) is 16.9. The van der Waals surface area contributed by atoms with E-state index in [9.17, 15) is 14.8 Å². The van der Waals surface area contributed by atoms with Crippen molar-refractivity contribution in [2.24, 2.45) is 5.73 Å². The summed E-state index contributed by atoms with van der Waals surface area (Å²) in [4.78, 5) is 21.1. The smallest absolute Gasteiger partial charge is 0.423 e. The summed E-state index contributed by atoms with van der Waals surface area (Å²) in [5, 5.41) is 33.7. The van der Waals surface area contributed by atoms with Crippen LogP contribution in [0.25, 0.3) is 17.3 Å². The van der Waals surface area contributed by atoms with Crippen molar-refractivity contribution in [2.45, 2.75) is 19.6 Å². The number of rotatable bonds is 6. The summed E-state index contributed by atoms with van der Waals surface area (Å²) < 4.78 is 1.64. The van der Waals surface area contributed by atoms with Gasteiger partial charge in [0.1, 0.15) is 5.82 Å². The maximum absolute atomic E-state index is 11.7. The van der Waals surface area contributed by atoms with Crippen LogP contribution in [0.3, 0.4) is 0 Å². The minimum absolute atomic E-state index is 0.262. The maximum atomic E-state index is 11.7. The molecule has 4 aromatic rings. The van der Waals surface area contributed by atoms with Crippen LogP contribution in [0.1, 0.15) is 27.2 Å². The highest BCUT2D eigenvalue weighted by atomic mass is 16.4. The first-order valence-corrected chi connectivity index (χ1v) is 9.94. The van der Waals surface area contributed by atoms with Gasteiger partial charge in [-0.05, 0) is 23.2 Å². The van der Waals surface area contributed by atoms with Gasteiger partial charge >= 0.3 is 7.12 Å². The summed E-state index contributed by atoms with van der Waals surface area (Å²) in [6, 6.07) is 10.3. The first kappa shape index (κ1) is 20.1. The molecule has 160 valence electrons. The van der Waals surface area contributed by atoms with Crippen LogP contribution in [0.15, 0.2) is 42.6 Å². The largest absolute Gasteiger partial charge is 0.488 e. The fourth-order valence-corrected chi connectivity index (χ4v) is 3.72. The molecule has 0 saturated carbocycles. The van der Waals surface area contributed by atoms with Crippen molar-refractivity contribution in [3.05, 3.63) is 65.0 Å². The molecule has 0 unspecified atom stereocenters. The van der Waals surface area contributed by atoms with Crippen molar-refractivity contribution >= 4 is 30.0 Å². The van der Waals surface area contributed by atoms with Gasteiger partial charge in [0, 0.05) is 31.4 Å². The Morgan fingerprint density at radius 1 is 1.19 bits per heavy atom. The summed E-state index contributed by atoms with van der Waals surface area (Å²) in [5.41, 5.74) is 9.14. The monoisotopic (exact) mass is 430 g/mol. The minimum atomic E-state index is -1.53. The lowest BCUT2D eigenvalue weighted by Crippen LogP contribution is -2.30. The molecule has 6 N–H and O–H groups in total. The summed E-state index contributed by atoms with van der Waals surface area (Å²) >= 11 is 0. The lowest BCUT2D eigenvalue weighted by atomic mass is 9.79. The Labute approximate surface area is 182 Å². The summed E-state index contributed by atoms with van der Waals surface area (Å²) in [6.07, 6.45) is 1.73. The average molecular weight is 430 g/mol. The van der Waals surface area contributed by atoms with Gasteiger partial charge in [-0.25, -0.2) is 9.97 Å². The highest BCUT2D eigenvalue weighted by molar-refractivity contribution is 6.58. The van der Waals surface area contributed by atoms with Gasteiger partial charge < -0.3 is 26.4 Å². The molecule has 1 amide bonds.